The lowest BCUT2D eigenvalue weighted by atomic mass is 10.1. The highest BCUT2D eigenvalue weighted by Crippen LogP contribution is 2.30. The summed E-state index contributed by atoms with van der Waals surface area (Å²) >= 11 is 0. The molecule has 1 fully saturated rings. The third-order valence-corrected chi connectivity index (χ3v) is 3.44. The Morgan fingerprint density at radius 1 is 1.32 bits per heavy atom. The Balaban J connectivity index is 1.89. The molecule has 1 aliphatic rings. The van der Waals surface area contributed by atoms with E-state index in [4.69, 9.17) is 4.74 Å². The first-order valence-electron chi connectivity index (χ1n) is 6.35. The Labute approximate surface area is 110 Å². The van der Waals surface area contributed by atoms with E-state index in [2.05, 4.69) is 5.10 Å². The van der Waals surface area contributed by atoms with Crippen LogP contribution in [0.4, 0.5) is 4.39 Å². The van der Waals surface area contributed by atoms with Crippen molar-refractivity contribution in [3.63, 3.8) is 0 Å². The molecule has 1 saturated heterocycles. The maximum atomic E-state index is 13.2. The standard InChI is InChI=1S/C14H15FN2O2/c15-11-1-2-14(18)13(7-11)10-8-16-17(9-10)12-3-5-19-6-4-12/h1-2,7-9,12,18H,3-6H2. The monoisotopic (exact) mass is 262 g/mol. The predicted molar refractivity (Wildman–Crippen MR) is 68.4 cm³/mol. The van der Waals surface area contributed by atoms with Crippen LogP contribution < -0.4 is 0 Å². The Morgan fingerprint density at radius 3 is 2.89 bits per heavy atom. The van der Waals surface area contributed by atoms with Crippen molar-refractivity contribution < 1.29 is 14.2 Å². The Hall–Kier alpha value is -1.88. The predicted octanol–water partition coefficient (Wildman–Crippen LogP) is 2.75. The van der Waals surface area contributed by atoms with Crippen LogP contribution >= 0.6 is 0 Å². The third kappa shape index (κ3) is 2.46. The fraction of sp³-hybridized carbons (Fsp3) is 0.357. The van der Waals surface area contributed by atoms with Gasteiger partial charge in [0.05, 0.1) is 12.2 Å². The molecule has 1 N–H and O–H groups in total. The van der Waals surface area contributed by atoms with Crippen LogP contribution in [0.1, 0.15) is 18.9 Å². The molecule has 0 atom stereocenters. The van der Waals surface area contributed by atoms with Gasteiger partial charge in [-0.1, -0.05) is 0 Å². The average molecular weight is 262 g/mol. The van der Waals surface area contributed by atoms with Crippen molar-refractivity contribution in [1.29, 1.82) is 0 Å². The number of hydrogen-bond donors (Lipinski definition) is 1. The third-order valence-electron chi connectivity index (χ3n) is 3.44. The first-order valence-corrected chi connectivity index (χ1v) is 6.35. The van der Waals surface area contributed by atoms with E-state index in [-0.39, 0.29) is 11.6 Å². The molecule has 100 valence electrons. The van der Waals surface area contributed by atoms with Crippen molar-refractivity contribution >= 4 is 0 Å². The molecular weight excluding hydrogens is 247 g/mol. The van der Waals surface area contributed by atoms with E-state index in [9.17, 15) is 9.50 Å². The van der Waals surface area contributed by atoms with E-state index in [1.807, 2.05) is 10.9 Å². The van der Waals surface area contributed by atoms with Crippen LogP contribution in [0.5, 0.6) is 5.75 Å². The second-order valence-corrected chi connectivity index (χ2v) is 4.71. The van der Waals surface area contributed by atoms with Crippen molar-refractivity contribution in [1.82, 2.24) is 9.78 Å². The van der Waals surface area contributed by atoms with Gasteiger partial charge in [-0.05, 0) is 31.0 Å². The van der Waals surface area contributed by atoms with Gasteiger partial charge in [0.1, 0.15) is 11.6 Å². The zero-order chi connectivity index (χ0) is 13.2. The molecule has 4 nitrogen and oxygen atoms in total. The first kappa shape index (κ1) is 12.2. The summed E-state index contributed by atoms with van der Waals surface area (Å²) in [5.41, 5.74) is 1.20. The molecule has 5 heteroatoms. The Morgan fingerprint density at radius 2 is 2.11 bits per heavy atom. The molecule has 0 radical (unpaired) electrons. The topological polar surface area (TPSA) is 47.3 Å². The van der Waals surface area contributed by atoms with Crippen LogP contribution in [-0.4, -0.2) is 28.1 Å². The number of rotatable bonds is 2. The van der Waals surface area contributed by atoms with Gasteiger partial charge in [-0.15, -0.1) is 0 Å². The maximum absolute atomic E-state index is 13.2. The number of benzene rings is 1. The highest BCUT2D eigenvalue weighted by molar-refractivity contribution is 5.68. The first-order chi connectivity index (χ1) is 9.24. The quantitative estimate of drug-likeness (QED) is 0.905. The summed E-state index contributed by atoms with van der Waals surface area (Å²) < 4.78 is 20.4. The van der Waals surface area contributed by atoms with Gasteiger partial charge >= 0.3 is 0 Å². The molecule has 1 aromatic carbocycles. The van der Waals surface area contributed by atoms with Crippen molar-refractivity contribution in [2.45, 2.75) is 18.9 Å². The molecule has 0 unspecified atom stereocenters. The summed E-state index contributed by atoms with van der Waals surface area (Å²) in [5, 5.41) is 14.1. The van der Waals surface area contributed by atoms with Gasteiger partial charge < -0.3 is 9.84 Å². The lowest BCUT2D eigenvalue weighted by Gasteiger charge is -2.22. The molecular formula is C14H15FN2O2. The number of phenols is 1. The summed E-state index contributed by atoms with van der Waals surface area (Å²) in [6.07, 6.45) is 5.36. The number of halogens is 1. The van der Waals surface area contributed by atoms with Crippen molar-refractivity contribution in [3.8, 4) is 16.9 Å². The normalized spacial score (nSPS) is 16.7. The number of aromatic nitrogens is 2. The second kappa shape index (κ2) is 5.01. The van der Waals surface area contributed by atoms with Gasteiger partial charge in [-0.25, -0.2) is 4.39 Å². The largest absolute Gasteiger partial charge is 0.507 e. The lowest BCUT2D eigenvalue weighted by molar-refractivity contribution is 0.0662. The Bertz CT molecular complexity index is 577. The average Bonchev–Trinajstić information content (AvgIpc) is 2.92. The molecule has 0 bridgehead atoms. The zero-order valence-electron chi connectivity index (χ0n) is 10.4. The molecule has 0 spiro atoms. The molecule has 2 aromatic rings. The number of aromatic hydroxyl groups is 1. The van der Waals surface area contributed by atoms with Crippen LogP contribution in [0.2, 0.25) is 0 Å². The van der Waals surface area contributed by atoms with E-state index in [1.54, 1.807) is 6.20 Å². The Kier molecular flexibility index (Phi) is 3.21. The van der Waals surface area contributed by atoms with Gasteiger partial charge in [-0.2, -0.15) is 5.10 Å². The van der Waals surface area contributed by atoms with Gasteiger partial charge in [0.2, 0.25) is 0 Å². The van der Waals surface area contributed by atoms with Crippen LogP contribution in [0.25, 0.3) is 11.1 Å². The summed E-state index contributed by atoms with van der Waals surface area (Å²) in [6, 6.07) is 4.23. The SMILES string of the molecule is Oc1ccc(F)cc1-c1cnn(C2CCOCC2)c1. The van der Waals surface area contributed by atoms with E-state index < -0.39 is 0 Å². The minimum atomic E-state index is -0.369. The van der Waals surface area contributed by atoms with Crippen LogP contribution in [0, 0.1) is 5.82 Å². The van der Waals surface area contributed by atoms with Gasteiger partial charge in [0.25, 0.3) is 0 Å². The smallest absolute Gasteiger partial charge is 0.124 e. The number of hydrogen-bond acceptors (Lipinski definition) is 3. The van der Waals surface area contributed by atoms with Crippen LogP contribution in [0.15, 0.2) is 30.6 Å². The van der Waals surface area contributed by atoms with Crippen molar-refractivity contribution in [3.05, 3.63) is 36.4 Å². The molecule has 0 saturated carbocycles. The summed E-state index contributed by atoms with van der Waals surface area (Å²) in [7, 11) is 0. The highest BCUT2D eigenvalue weighted by Gasteiger charge is 2.17. The van der Waals surface area contributed by atoms with Crippen LogP contribution in [-0.2, 0) is 4.74 Å². The molecule has 1 aliphatic heterocycles. The summed E-state index contributed by atoms with van der Waals surface area (Å²) in [6.45, 7) is 1.48. The van der Waals surface area contributed by atoms with Crippen molar-refractivity contribution in [2.24, 2.45) is 0 Å². The van der Waals surface area contributed by atoms with Crippen LogP contribution in [0.3, 0.4) is 0 Å². The second-order valence-electron chi connectivity index (χ2n) is 4.71. The molecule has 0 aliphatic carbocycles. The molecule has 19 heavy (non-hydrogen) atoms. The van der Waals surface area contributed by atoms with Gasteiger partial charge in [-0.3, -0.25) is 4.68 Å². The van der Waals surface area contributed by atoms with Gasteiger partial charge in [0.15, 0.2) is 0 Å². The minimum Gasteiger partial charge on any atom is -0.507 e. The lowest BCUT2D eigenvalue weighted by Crippen LogP contribution is -2.19. The van der Waals surface area contributed by atoms with Gasteiger partial charge in [0, 0.05) is 30.5 Å². The molecule has 0 amide bonds. The summed E-state index contributed by atoms with van der Waals surface area (Å²) in [4.78, 5) is 0. The number of phenolic OH excluding ortho intramolecular Hbond substituents is 1. The molecule has 1 aromatic heterocycles. The number of nitrogens with zero attached hydrogens (tertiary/aromatic N) is 2. The fourth-order valence-electron chi connectivity index (χ4n) is 2.37. The molecule has 3 rings (SSSR count). The maximum Gasteiger partial charge on any atom is 0.124 e. The molecule has 2 heterocycles. The van der Waals surface area contributed by atoms with E-state index in [0.29, 0.717) is 11.6 Å². The summed E-state index contributed by atoms with van der Waals surface area (Å²) in [5.74, 6) is -0.306. The zero-order valence-corrected chi connectivity index (χ0v) is 10.4. The van der Waals surface area contributed by atoms with Crippen molar-refractivity contribution in [2.75, 3.05) is 13.2 Å². The van der Waals surface area contributed by atoms with E-state index in [0.717, 1.165) is 31.6 Å². The minimum absolute atomic E-state index is 0.0629. The number of ether oxygens (including phenoxy) is 1. The fourth-order valence-corrected chi connectivity index (χ4v) is 2.37. The van der Waals surface area contributed by atoms with E-state index >= 15 is 0 Å². The highest BCUT2D eigenvalue weighted by atomic mass is 19.1. The van der Waals surface area contributed by atoms with E-state index in [1.165, 1.54) is 18.2 Å².